The van der Waals surface area contributed by atoms with E-state index in [2.05, 4.69) is 10.6 Å². The first-order chi connectivity index (χ1) is 15.3. The van der Waals surface area contributed by atoms with Crippen molar-refractivity contribution in [3.63, 3.8) is 0 Å². The molecule has 0 aromatic heterocycles. The van der Waals surface area contributed by atoms with E-state index in [4.69, 9.17) is 4.74 Å². The van der Waals surface area contributed by atoms with Gasteiger partial charge in [-0.3, -0.25) is 14.5 Å². The summed E-state index contributed by atoms with van der Waals surface area (Å²) < 4.78 is 30.6. The Kier molecular flexibility index (Phi) is 7.84. The lowest BCUT2D eigenvalue weighted by molar-refractivity contribution is -0.117. The van der Waals surface area contributed by atoms with E-state index >= 15 is 0 Å². The molecule has 1 aliphatic heterocycles. The van der Waals surface area contributed by atoms with Crippen molar-refractivity contribution in [2.75, 3.05) is 56.2 Å². The van der Waals surface area contributed by atoms with Gasteiger partial charge in [0.05, 0.1) is 25.1 Å². The number of benzene rings is 2. The summed E-state index contributed by atoms with van der Waals surface area (Å²) in [5.41, 5.74) is 1.60. The van der Waals surface area contributed by atoms with Crippen LogP contribution in [0.2, 0.25) is 0 Å². The fraction of sp³-hybridized carbons (Fsp3) is 0.364. The summed E-state index contributed by atoms with van der Waals surface area (Å²) in [6, 6.07) is 13.7. The highest BCUT2D eigenvalue weighted by Crippen LogP contribution is 2.24. The van der Waals surface area contributed by atoms with Gasteiger partial charge in [-0.25, -0.2) is 8.42 Å². The van der Waals surface area contributed by atoms with Crippen LogP contribution >= 0.6 is 0 Å². The molecule has 0 saturated carbocycles. The van der Waals surface area contributed by atoms with Crippen LogP contribution in [0, 0.1) is 0 Å². The van der Waals surface area contributed by atoms with E-state index < -0.39 is 10.0 Å². The molecule has 1 fully saturated rings. The third kappa shape index (κ3) is 6.06. The quantitative estimate of drug-likeness (QED) is 0.623. The number of sulfonamides is 1. The van der Waals surface area contributed by atoms with Gasteiger partial charge in [0, 0.05) is 37.4 Å². The molecule has 2 aromatic carbocycles. The number of methoxy groups -OCH3 is 1. The lowest BCUT2D eigenvalue weighted by Gasteiger charge is -2.33. The Hall–Kier alpha value is -2.95. The number of anilines is 2. The number of ether oxygens (including phenoxy) is 1. The molecule has 0 unspecified atom stereocenters. The first-order valence-corrected chi connectivity index (χ1v) is 12.0. The number of piperazine rings is 1. The molecule has 2 amide bonds. The zero-order chi connectivity index (χ0) is 23.1. The number of hydrogen-bond donors (Lipinski definition) is 2. The maximum absolute atomic E-state index is 12.5. The SMILES string of the molecule is CCS(=O)(=O)N1CCN(CC(=O)Nc2ccc(C(=O)Nc3ccccc3OC)cc2)CC1. The van der Waals surface area contributed by atoms with Gasteiger partial charge in [-0.15, -0.1) is 0 Å². The molecule has 2 N–H and O–H groups in total. The maximum atomic E-state index is 12.5. The second-order valence-corrected chi connectivity index (χ2v) is 9.61. The van der Waals surface area contributed by atoms with Crippen molar-refractivity contribution in [3.8, 4) is 5.75 Å². The van der Waals surface area contributed by atoms with Crippen molar-refractivity contribution in [1.29, 1.82) is 0 Å². The Bertz CT molecular complexity index is 1050. The summed E-state index contributed by atoms with van der Waals surface area (Å²) in [6.45, 7) is 3.60. The Labute approximate surface area is 188 Å². The number of carbonyl (C=O) groups is 2. The van der Waals surface area contributed by atoms with E-state index in [0.717, 1.165) is 0 Å². The molecule has 1 heterocycles. The van der Waals surface area contributed by atoms with E-state index in [1.54, 1.807) is 49.4 Å². The third-order valence-electron chi connectivity index (χ3n) is 5.24. The molecule has 10 heteroatoms. The standard InChI is InChI=1S/C22H28N4O5S/c1-3-32(29,30)26-14-12-25(13-15-26)16-21(27)23-18-10-8-17(9-11-18)22(28)24-19-6-4-5-7-20(19)31-2/h4-11H,3,12-16H2,1-2H3,(H,23,27)(H,24,28). The average molecular weight is 461 g/mol. The van der Waals surface area contributed by atoms with E-state index in [9.17, 15) is 18.0 Å². The van der Waals surface area contributed by atoms with Crippen molar-refractivity contribution in [3.05, 3.63) is 54.1 Å². The molecule has 1 aliphatic rings. The highest BCUT2D eigenvalue weighted by Gasteiger charge is 2.26. The van der Waals surface area contributed by atoms with Gasteiger partial charge in [0.25, 0.3) is 5.91 Å². The summed E-state index contributed by atoms with van der Waals surface area (Å²) >= 11 is 0. The maximum Gasteiger partial charge on any atom is 0.255 e. The number of nitrogens with one attached hydrogen (secondary N) is 2. The molecule has 0 atom stereocenters. The minimum absolute atomic E-state index is 0.0837. The molecule has 3 rings (SSSR count). The number of para-hydroxylation sites is 2. The predicted molar refractivity (Wildman–Crippen MR) is 123 cm³/mol. The van der Waals surface area contributed by atoms with Crippen LogP contribution in [0.25, 0.3) is 0 Å². The summed E-state index contributed by atoms with van der Waals surface area (Å²) in [4.78, 5) is 26.8. The van der Waals surface area contributed by atoms with Gasteiger partial charge in [-0.2, -0.15) is 4.31 Å². The molecule has 0 spiro atoms. The first-order valence-electron chi connectivity index (χ1n) is 10.4. The highest BCUT2D eigenvalue weighted by molar-refractivity contribution is 7.89. The molecule has 9 nitrogen and oxygen atoms in total. The molecular formula is C22H28N4O5S. The smallest absolute Gasteiger partial charge is 0.255 e. The third-order valence-corrected chi connectivity index (χ3v) is 7.12. The number of amides is 2. The van der Waals surface area contributed by atoms with Crippen LogP contribution in [-0.4, -0.2) is 75.0 Å². The van der Waals surface area contributed by atoms with Gasteiger partial charge < -0.3 is 15.4 Å². The highest BCUT2D eigenvalue weighted by atomic mass is 32.2. The normalized spacial score (nSPS) is 15.2. The van der Waals surface area contributed by atoms with Crippen LogP contribution in [0.4, 0.5) is 11.4 Å². The zero-order valence-electron chi connectivity index (χ0n) is 18.2. The van der Waals surface area contributed by atoms with Crippen LogP contribution < -0.4 is 15.4 Å². The van der Waals surface area contributed by atoms with Gasteiger partial charge in [0.1, 0.15) is 5.75 Å². The minimum Gasteiger partial charge on any atom is -0.495 e. The zero-order valence-corrected chi connectivity index (χ0v) is 19.0. The van der Waals surface area contributed by atoms with Crippen LogP contribution in [0.3, 0.4) is 0 Å². The fourth-order valence-electron chi connectivity index (χ4n) is 3.40. The topological polar surface area (TPSA) is 108 Å². The van der Waals surface area contributed by atoms with Crippen molar-refractivity contribution in [2.45, 2.75) is 6.92 Å². The summed E-state index contributed by atoms with van der Waals surface area (Å²) in [6.07, 6.45) is 0. The second kappa shape index (κ2) is 10.6. The van der Waals surface area contributed by atoms with Crippen molar-refractivity contribution in [1.82, 2.24) is 9.21 Å². The number of carbonyl (C=O) groups excluding carboxylic acids is 2. The summed E-state index contributed by atoms with van der Waals surface area (Å²) in [5, 5.41) is 5.62. The first kappa shape index (κ1) is 23.7. The van der Waals surface area contributed by atoms with Crippen molar-refractivity contribution < 1.29 is 22.7 Å². The largest absolute Gasteiger partial charge is 0.495 e. The molecule has 2 aromatic rings. The van der Waals surface area contributed by atoms with Gasteiger partial charge in [-0.1, -0.05) is 12.1 Å². The van der Waals surface area contributed by atoms with Crippen molar-refractivity contribution >= 4 is 33.2 Å². The van der Waals surface area contributed by atoms with E-state index in [1.807, 2.05) is 11.0 Å². The number of rotatable bonds is 8. The van der Waals surface area contributed by atoms with Crippen LogP contribution in [-0.2, 0) is 14.8 Å². The molecule has 0 radical (unpaired) electrons. The van der Waals surface area contributed by atoms with Crippen molar-refractivity contribution in [2.24, 2.45) is 0 Å². The second-order valence-electron chi connectivity index (χ2n) is 7.36. The lowest BCUT2D eigenvalue weighted by Crippen LogP contribution is -2.50. The Balaban J connectivity index is 1.50. The molecule has 172 valence electrons. The average Bonchev–Trinajstić information content (AvgIpc) is 2.80. The molecule has 32 heavy (non-hydrogen) atoms. The number of nitrogens with zero attached hydrogens (tertiary/aromatic N) is 2. The minimum atomic E-state index is -3.19. The summed E-state index contributed by atoms with van der Waals surface area (Å²) in [5.74, 6) is 0.175. The Morgan fingerprint density at radius 1 is 0.969 bits per heavy atom. The summed E-state index contributed by atoms with van der Waals surface area (Å²) in [7, 11) is -1.65. The van der Waals surface area contributed by atoms with Gasteiger partial charge in [0.15, 0.2) is 0 Å². The van der Waals surface area contributed by atoms with E-state index in [1.165, 1.54) is 11.4 Å². The van der Waals surface area contributed by atoms with Crippen LogP contribution in [0.1, 0.15) is 17.3 Å². The van der Waals surface area contributed by atoms with Gasteiger partial charge in [0.2, 0.25) is 15.9 Å². The monoisotopic (exact) mass is 460 g/mol. The van der Waals surface area contributed by atoms with Crippen LogP contribution in [0.15, 0.2) is 48.5 Å². The molecule has 0 aliphatic carbocycles. The van der Waals surface area contributed by atoms with Gasteiger partial charge in [-0.05, 0) is 43.3 Å². The lowest BCUT2D eigenvalue weighted by atomic mass is 10.2. The Morgan fingerprint density at radius 2 is 1.62 bits per heavy atom. The van der Waals surface area contributed by atoms with E-state index in [-0.39, 0.29) is 24.1 Å². The van der Waals surface area contributed by atoms with Crippen LogP contribution in [0.5, 0.6) is 5.75 Å². The molecule has 0 bridgehead atoms. The molecule has 1 saturated heterocycles. The Morgan fingerprint density at radius 3 is 2.25 bits per heavy atom. The fourth-order valence-corrected chi connectivity index (χ4v) is 4.48. The van der Waals surface area contributed by atoms with E-state index in [0.29, 0.717) is 48.9 Å². The predicted octanol–water partition coefficient (Wildman–Crippen LogP) is 1.85. The number of hydrogen-bond acceptors (Lipinski definition) is 6. The molecular weight excluding hydrogens is 432 g/mol. The van der Waals surface area contributed by atoms with Gasteiger partial charge >= 0.3 is 0 Å².